The molecule has 0 unspecified atom stereocenters. The molecule has 0 spiro atoms. The molecule has 0 bridgehead atoms. The molecule has 2 aromatic heterocycles. The minimum Gasteiger partial charge on any atom is -0.364 e. The Morgan fingerprint density at radius 1 is 1.29 bits per heavy atom. The summed E-state index contributed by atoms with van der Waals surface area (Å²) in [5.74, 6) is -0.00185. The van der Waals surface area contributed by atoms with E-state index in [1.807, 2.05) is 35.2 Å². The van der Waals surface area contributed by atoms with E-state index in [0.29, 0.717) is 25.9 Å². The van der Waals surface area contributed by atoms with Gasteiger partial charge in [-0.15, -0.1) is 5.10 Å². The van der Waals surface area contributed by atoms with Crippen molar-refractivity contribution in [3.8, 4) is 0 Å². The van der Waals surface area contributed by atoms with Gasteiger partial charge in [0.05, 0.1) is 12.2 Å². The highest BCUT2D eigenvalue weighted by Crippen LogP contribution is 2.22. The van der Waals surface area contributed by atoms with E-state index >= 15 is 0 Å². The standard InChI is InChI=1S/C16H16N6O2/c23-16(21-7-6-14-13(9-21)10-24-18-14)15(22-11-17-19-20-22)8-12-4-2-1-3-5-12/h1-5,10-11,15H,6-9H2/t15-/m1/s1. The number of hydrogen-bond donors (Lipinski definition) is 0. The maximum atomic E-state index is 13.1. The van der Waals surface area contributed by atoms with Gasteiger partial charge in [0.2, 0.25) is 5.91 Å². The Morgan fingerprint density at radius 3 is 2.96 bits per heavy atom. The highest BCUT2D eigenvalue weighted by Gasteiger charge is 2.30. The van der Waals surface area contributed by atoms with Gasteiger partial charge >= 0.3 is 0 Å². The molecule has 1 aromatic carbocycles. The maximum Gasteiger partial charge on any atom is 0.248 e. The largest absolute Gasteiger partial charge is 0.364 e. The normalized spacial score (nSPS) is 15.1. The molecule has 0 saturated carbocycles. The Bertz CT molecular complexity index is 814. The summed E-state index contributed by atoms with van der Waals surface area (Å²) in [5.41, 5.74) is 2.96. The molecule has 1 aliphatic rings. The fraction of sp³-hybridized carbons (Fsp3) is 0.312. The van der Waals surface area contributed by atoms with E-state index in [1.165, 1.54) is 11.0 Å². The minimum atomic E-state index is -0.469. The monoisotopic (exact) mass is 324 g/mol. The van der Waals surface area contributed by atoms with Crippen LogP contribution in [-0.4, -0.2) is 42.7 Å². The van der Waals surface area contributed by atoms with Crippen molar-refractivity contribution in [2.24, 2.45) is 0 Å². The molecule has 0 saturated heterocycles. The Morgan fingerprint density at radius 2 is 2.17 bits per heavy atom. The lowest BCUT2D eigenvalue weighted by molar-refractivity contribution is -0.136. The summed E-state index contributed by atoms with van der Waals surface area (Å²) in [6.07, 6.45) is 4.33. The summed E-state index contributed by atoms with van der Waals surface area (Å²) in [6, 6.07) is 9.40. The number of aromatic nitrogens is 5. The molecule has 4 rings (SSSR count). The van der Waals surface area contributed by atoms with Crippen LogP contribution in [0.15, 0.2) is 47.4 Å². The van der Waals surface area contributed by atoms with Crippen molar-refractivity contribution in [3.63, 3.8) is 0 Å². The van der Waals surface area contributed by atoms with E-state index in [2.05, 4.69) is 20.7 Å². The summed E-state index contributed by atoms with van der Waals surface area (Å²) < 4.78 is 6.52. The third kappa shape index (κ3) is 2.78. The van der Waals surface area contributed by atoms with Crippen LogP contribution < -0.4 is 0 Å². The summed E-state index contributed by atoms with van der Waals surface area (Å²) in [7, 11) is 0. The Hall–Kier alpha value is -3.03. The van der Waals surface area contributed by atoms with Gasteiger partial charge in [-0.2, -0.15) is 0 Å². The highest BCUT2D eigenvalue weighted by molar-refractivity contribution is 5.81. The van der Waals surface area contributed by atoms with Crippen molar-refractivity contribution in [2.45, 2.75) is 25.4 Å². The number of carbonyl (C=O) groups is 1. The van der Waals surface area contributed by atoms with Crippen LogP contribution in [0.2, 0.25) is 0 Å². The van der Waals surface area contributed by atoms with E-state index in [0.717, 1.165) is 16.8 Å². The molecule has 1 atom stereocenters. The Balaban J connectivity index is 1.58. The molecular weight excluding hydrogens is 308 g/mol. The van der Waals surface area contributed by atoms with Gasteiger partial charge in [0.25, 0.3) is 0 Å². The lowest BCUT2D eigenvalue weighted by atomic mass is 10.0. The van der Waals surface area contributed by atoms with Crippen LogP contribution in [0.5, 0.6) is 0 Å². The molecule has 8 nitrogen and oxygen atoms in total. The van der Waals surface area contributed by atoms with Crippen LogP contribution in [0.4, 0.5) is 0 Å². The summed E-state index contributed by atoms with van der Waals surface area (Å²) in [5, 5.41) is 15.3. The van der Waals surface area contributed by atoms with Gasteiger partial charge in [-0.25, -0.2) is 4.68 Å². The van der Waals surface area contributed by atoms with Crippen LogP contribution >= 0.6 is 0 Å². The van der Waals surface area contributed by atoms with E-state index in [9.17, 15) is 4.79 Å². The number of rotatable bonds is 4. The molecule has 24 heavy (non-hydrogen) atoms. The zero-order valence-electron chi connectivity index (χ0n) is 12.9. The SMILES string of the molecule is O=C([C@@H](Cc1ccccc1)n1cnnn1)N1CCc2nocc2C1. The van der Waals surface area contributed by atoms with Crippen LogP contribution in [0.3, 0.4) is 0 Å². The first-order chi connectivity index (χ1) is 11.8. The predicted octanol–water partition coefficient (Wildman–Crippen LogP) is 1.03. The Kier molecular flexibility index (Phi) is 3.78. The van der Waals surface area contributed by atoms with Crippen molar-refractivity contribution >= 4 is 5.91 Å². The number of amides is 1. The molecule has 8 heteroatoms. The first kappa shape index (κ1) is 14.6. The Labute approximate surface area is 138 Å². The van der Waals surface area contributed by atoms with Gasteiger partial charge in [0, 0.05) is 24.9 Å². The van der Waals surface area contributed by atoms with Gasteiger partial charge in [0.15, 0.2) is 0 Å². The van der Waals surface area contributed by atoms with Crippen LogP contribution in [0.1, 0.15) is 22.9 Å². The van der Waals surface area contributed by atoms with Gasteiger partial charge in [-0.3, -0.25) is 4.79 Å². The van der Waals surface area contributed by atoms with Gasteiger partial charge in [0.1, 0.15) is 18.6 Å². The van der Waals surface area contributed by atoms with Crippen molar-refractivity contribution in [1.82, 2.24) is 30.3 Å². The van der Waals surface area contributed by atoms with Crippen molar-refractivity contribution < 1.29 is 9.32 Å². The maximum absolute atomic E-state index is 13.1. The zero-order valence-corrected chi connectivity index (χ0v) is 12.9. The van der Waals surface area contributed by atoms with E-state index in [1.54, 1.807) is 6.26 Å². The second-order valence-electron chi connectivity index (χ2n) is 5.79. The van der Waals surface area contributed by atoms with Crippen molar-refractivity contribution in [2.75, 3.05) is 6.54 Å². The van der Waals surface area contributed by atoms with E-state index < -0.39 is 6.04 Å². The highest BCUT2D eigenvalue weighted by atomic mass is 16.5. The lowest BCUT2D eigenvalue weighted by Gasteiger charge is -2.29. The van der Waals surface area contributed by atoms with Gasteiger partial charge in [-0.05, 0) is 16.0 Å². The number of nitrogens with zero attached hydrogens (tertiary/aromatic N) is 6. The topological polar surface area (TPSA) is 89.9 Å². The number of tetrazole rings is 1. The van der Waals surface area contributed by atoms with E-state index in [4.69, 9.17) is 4.52 Å². The average Bonchev–Trinajstić information content (AvgIpc) is 3.30. The molecule has 0 N–H and O–H groups in total. The van der Waals surface area contributed by atoms with Crippen LogP contribution in [0, 0.1) is 0 Å². The summed E-state index contributed by atoms with van der Waals surface area (Å²) in [6.45, 7) is 1.12. The smallest absolute Gasteiger partial charge is 0.248 e. The first-order valence-electron chi connectivity index (χ1n) is 7.78. The molecular formula is C16H16N6O2. The summed E-state index contributed by atoms with van der Waals surface area (Å²) >= 11 is 0. The minimum absolute atomic E-state index is 0.00185. The third-order valence-electron chi connectivity index (χ3n) is 4.26. The fourth-order valence-corrected chi connectivity index (χ4v) is 2.98. The van der Waals surface area contributed by atoms with E-state index in [-0.39, 0.29) is 5.91 Å². The fourth-order valence-electron chi connectivity index (χ4n) is 2.98. The number of fused-ring (bicyclic) bond motifs is 1. The zero-order chi connectivity index (χ0) is 16.4. The molecule has 3 aromatic rings. The molecule has 0 fully saturated rings. The molecule has 0 aliphatic carbocycles. The molecule has 3 heterocycles. The lowest BCUT2D eigenvalue weighted by Crippen LogP contribution is -2.41. The van der Waals surface area contributed by atoms with Crippen molar-refractivity contribution in [1.29, 1.82) is 0 Å². The number of hydrogen-bond acceptors (Lipinski definition) is 6. The van der Waals surface area contributed by atoms with Gasteiger partial charge < -0.3 is 9.42 Å². The quantitative estimate of drug-likeness (QED) is 0.712. The van der Waals surface area contributed by atoms with Gasteiger partial charge in [-0.1, -0.05) is 35.5 Å². The first-order valence-corrected chi connectivity index (χ1v) is 7.78. The second kappa shape index (κ2) is 6.23. The van der Waals surface area contributed by atoms with Crippen LogP contribution in [-0.2, 0) is 24.2 Å². The third-order valence-corrected chi connectivity index (χ3v) is 4.26. The molecule has 122 valence electrons. The average molecular weight is 324 g/mol. The molecule has 0 radical (unpaired) electrons. The number of benzene rings is 1. The summed E-state index contributed by atoms with van der Waals surface area (Å²) in [4.78, 5) is 14.9. The molecule has 1 amide bonds. The van der Waals surface area contributed by atoms with Crippen molar-refractivity contribution in [3.05, 3.63) is 59.7 Å². The number of carbonyl (C=O) groups excluding carboxylic acids is 1. The second-order valence-corrected chi connectivity index (χ2v) is 5.79. The predicted molar refractivity (Wildman–Crippen MR) is 82.6 cm³/mol. The van der Waals surface area contributed by atoms with Crippen LogP contribution in [0.25, 0.3) is 0 Å². The molecule has 1 aliphatic heterocycles.